The van der Waals surface area contributed by atoms with Gasteiger partial charge in [0.1, 0.15) is 48.8 Å². The number of rotatable bonds is 4. The van der Waals surface area contributed by atoms with Crippen molar-refractivity contribution < 1.29 is 55.1 Å². The fraction of sp³-hybridized carbons (Fsp3) is 1.00. The lowest BCUT2D eigenvalue weighted by Gasteiger charge is -2.45. The summed E-state index contributed by atoms with van der Waals surface area (Å²) < 4.78 is 15.3. The predicted octanol–water partition coefficient (Wildman–Crippen LogP) is -5.40. The molecular weight excluding hydrogens is 320 g/mol. The first-order valence-corrected chi connectivity index (χ1v) is 7.08. The Kier molecular flexibility index (Phi) is 6.27. The van der Waals surface area contributed by atoms with Crippen LogP contribution in [0.3, 0.4) is 0 Å². The van der Waals surface area contributed by atoms with Crippen LogP contribution in [0.4, 0.5) is 0 Å². The maximum absolute atomic E-state index is 9.94. The second-order valence-electron chi connectivity index (χ2n) is 5.53. The molecule has 0 aliphatic carbocycles. The minimum absolute atomic E-state index is 0.667. The van der Waals surface area contributed by atoms with Crippen LogP contribution in [-0.4, -0.2) is 115 Å². The number of hydrogen-bond acceptors (Lipinski definition) is 11. The second kappa shape index (κ2) is 7.63. The number of aliphatic hydroxyl groups is 8. The van der Waals surface area contributed by atoms with E-state index in [0.717, 1.165) is 0 Å². The summed E-state index contributed by atoms with van der Waals surface area (Å²) in [6.07, 6.45) is -15.6. The van der Waals surface area contributed by atoms with Gasteiger partial charge in [0.05, 0.1) is 13.2 Å². The molecule has 10 atom stereocenters. The van der Waals surface area contributed by atoms with Crippen molar-refractivity contribution in [1.82, 2.24) is 0 Å². The molecule has 0 aromatic rings. The van der Waals surface area contributed by atoms with Crippen molar-refractivity contribution in [3.8, 4) is 0 Å². The monoisotopic (exact) mass is 342 g/mol. The van der Waals surface area contributed by atoms with Gasteiger partial charge >= 0.3 is 0 Å². The Bertz CT molecular complexity index is 378. The Morgan fingerprint density at radius 1 is 0.652 bits per heavy atom. The molecule has 0 aromatic heterocycles. The zero-order chi connectivity index (χ0) is 17.3. The Balaban J connectivity index is 2.11. The third-order valence-electron chi connectivity index (χ3n) is 3.98. The van der Waals surface area contributed by atoms with Gasteiger partial charge in [0.25, 0.3) is 0 Å². The first kappa shape index (κ1) is 18.9. The van der Waals surface area contributed by atoms with Crippen LogP contribution >= 0.6 is 0 Å². The fourth-order valence-corrected chi connectivity index (χ4v) is 2.57. The van der Waals surface area contributed by atoms with Gasteiger partial charge < -0.3 is 55.1 Å². The highest BCUT2D eigenvalue weighted by atomic mass is 16.7. The van der Waals surface area contributed by atoms with Crippen LogP contribution in [0.15, 0.2) is 0 Å². The Labute approximate surface area is 130 Å². The average Bonchev–Trinajstić information content (AvgIpc) is 2.55. The lowest BCUT2D eigenvalue weighted by molar-refractivity contribution is -0.355. The largest absolute Gasteiger partial charge is 0.394 e. The molecule has 2 saturated heterocycles. The molecule has 0 bridgehead atoms. The first-order chi connectivity index (χ1) is 10.8. The normalized spacial score (nSPS) is 51.7. The van der Waals surface area contributed by atoms with Gasteiger partial charge in [-0.2, -0.15) is 0 Å². The van der Waals surface area contributed by atoms with Gasteiger partial charge in [-0.15, -0.1) is 0 Å². The molecule has 23 heavy (non-hydrogen) atoms. The highest BCUT2D eigenvalue weighted by molar-refractivity contribution is 4.93. The van der Waals surface area contributed by atoms with E-state index in [1.54, 1.807) is 0 Å². The van der Waals surface area contributed by atoms with Crippen molar-refractivity contribution in [3.05, 3.63) is 0 Å². The standard InChI is InChI=1S/C12H22O11/c13-1-3-5(15)6(16)9(19)12(22-3)23-10-4(2-14)21-11(20)8(18)7(10)17/h3-20H,1-2H2/t3-,4+,5-,6-,7+,8-,9+,10-,11-,12+/m1/s1. The fourth-order valence-electron chi connectivity index (χ4n) is 2.57. The van der Waals surface area contributed by atoms with Crippen molar-refractivity contribution in [1.29, 1.82) is 0 Å². The van der Waals surface area contributed by atoms with E-state index in [4.69, 9.17) is 19.3 Å². The van der Waals surface area contributed by atoms with Gasteiger partial charge in [-0.1, -0.05) is 0 Å². The van der Waals surface area contributed by atoms with Crippen LogP contribution in [0.5, 0.6) is 0 Å². The van der Waals surface area contributed by atoms with E-state index in [1.165, 1.54) is 0 Å². The summed E-state index contributed by atoms with van der Waals surface area (Å²) in [5, 5.41) is 76.5. The molecule has 0 saturated carbocycles. The van der Waals surface area contributed by atoms with E-state index < -0.39 is 74.6 Å². The molecule has 0 spiro atoms. The van der Waals surface area contributed by atoms with E-state index in [0.29, 0.717) is 0 Å². The van der Waals surface area contributed by atoms with Gasteiger partial charge in [0, 0.05) is 0 Å². The minimum atomic E-state index is -1.74. The van der Waals surface area contributed by atoms with Crippen molar-refractivity contribution >= 4 is 0 Å². The summed E-state index contributed by atoms with van der Waals surface area (Å²) in [6, 6.07) is 0. The molecule has 2 aliphatic rings. The summed E-state index contributed by atoms with van der Waals surface area (Å²) in [5.41, 5.74) is 0. The quantitative estimate of drug-likeness (QED) is 0.243. The topological polar surface area (TPSA) is 190 Å². The van der Waals surface area contributed by atoms with Crippen LogP contribution in [0.25, 0.3) is 0 Å². The molecule has 2 aliphatic heterocycles. The smallest absolute Gasteiger partial charge is 0.187 e. The van der Waals surface area contributed by atoms with Crippen LogP contribution in [0.2, 0.25) is 0 Å². The highest BCUT2D eigenvalue weighted by Crippen LogP contribution is 2.28. The van der Waals surface area contributed by atoms with Crippen molar-refractivity contribution in [2.45, 2.75) is 61.4 Å². The zero-order valence-electron chi connectivity index (χ0n) is 12.0. The Hall–Kier alpha value is -0.440. The summed E-state index contributed by atoms with van der Waals surface area (Å²) in [7, 11) is 0. The van der Waals surface area contributed by atoms with E-state index >= 15 is 0 Å². The number of hydrogen-bond donors (Lipinski definition) is 8. The average molecular weight is 342 g/mol. The SMILES string of the molecule is OC[C@@H]1O[C@@H](O)[C@H](O)[C@H](O)[C@@H]1O[C@@H]1O[C@H](CO)[C@@H](O)[C@@H](O)[C@@H]1O. The second-order valence-corrected chi connectivity index (χ2v) is 5.53. The third kappa shape index (κ3) is 3.65. The van der Waals surface area contributed by atoms with E-state index in [1.807, 2.05) is 0 Å². The van der Waals surface area contributed by atoms with Gasteiger partial charge in [0.2, 0.25) is 0 Å². The molecule has 136 valence electrons. The molecule has 0 radical (unpaired) electrons. The minimum Gasteiger partial charge on any atom is -0.394 e. The first-order valence-electron chi connectivity index (χ1n) is 7.08. The van der Waals surface area contributed by atoms with Crippen molar-refractivity contribution in [2.75, 3.05) is 13.2 Å². The molecule has 8 N–H and O–H groups in total. The molecule has 0 amide bonds. The van der Waals surface area contributed by atoms with Gasteiger partial charge in [-0.3, -0.25) is 0 Å². The molecule has 2 fully saturated rings. The molecule has 11 heteroatoms. The molecule has 0 aromatic carbocycles. The number of aliphatic hydroxyl groups excluding tert-OH is 8. The molecule has 2 heterocycles. The van der Waals surface area contributed by atoms with Crippen LogP contribution in [0, 0.1) is 0 Å². The Morgan fingerprint density at radius 2 is 1.26 bits per heavy atom. The van der Waals surface area contributed by atoms with E-state index in [-0.39, 0.29) is 0 Å². The molecule has 0 unspecified atom stereocenters. The molecular formula is C12H22O11. The maximum Gasteiger partial charge on any atom is 0.187 e. The summed E-state index contributed by atoms with van der Waals surface area (Å²) in [6.45, 7) is -1.35. The van der Waals surface area contributed by atoms with Crippen molar-refractivity contribution in [3.63, 3.8) is 0 Å². The molecule has 2 rings (SSSR count). The maximum atomic E-state index is 9.94. The lowest BCUT2D eigenvalue weighted by atomic mass is 9.97. The van der Waals surface area contributed by atoms with Crippen LogP contribution < -0.4 is 0 Å². The van der Waals surface area contributed by atoms with Crippen molar-refractivity contribution in [2.24, 2.45) is 0 Å². The van der Waals surface area contributed by atoms with Gasteiger partial charge in [-0.05, 0) is 0 Å². The number of ether oxygens (including phenoxy) is 3. The van der Waals surface area contributed by atoms with E-state index in [2.05, 4.69) is 0 Å². The zero-order valence-corrected chi connectivity index (χ0v) is 12.0. The van der Waals surface area contributed by atoms with Crippen LogP contribution in [-0.2, 0) is 14.2 Å². The lowest BCUT2D eigenvalue weighted by Crippen LogP contribution is -2.64. The highest BCUT2D eigenvalue weighted by Gasteiger charge is 2.50. The van der Waals surface area contributed by atoms with Gasteiger partial charge in [0.15, 0.2) is 12.6 Å². The van der Waals surface area contributed by atoms with Gasteiger partial charge in [-0.25, -0.2) is 0 Å². The molecule has 11 nitrogen and oxygen atoms in total. The van der Waals surface area contributed by atoms with E-state index in [9.17, 15) is 35.7 Å². The predicted molar refractivity (Wildman–Crippen MR) is 68.6 cm³/mol. The summed E-state index contributed by atoms with van der Waals surface area (Å²) in [5.74, 6) is 0. The summed E-state index contributed by atoms with van der Waals surface area (Å²) in [4.78, 5) is 0. The Morgan fingerprint density at radius 3 is 1.83 bits per heavy atom. The third-order valence-corrected chi connectivity index (χ3v) is 3.98. The van der Waals surface area contributed by atoms with Crippen LogP contribution in [0.1, 0.15) is 0 Å². The summed E-state index contributed by atoms with van der Waals surface area (Å²) >= 11 is 0.